The van der Waals surface area contributed by atoms with E-state index in [4.69, 9.17) is 9.98 Å². The second-order valence-corrected chi connectivity index (χ2v) is 14.4. The Morgan fingerprint density at radius 3 is 1.07 bits per heavy atom. The fourth-order valence-corrected chi connectivity index (χ4v) is 9.05. The van der Waals surface area contributed by atoms with Crippen LogP contribution in [0, 0.1) is 0 Å². The smallest absolute Gasteiger partial charge is 0.0803 e. The highest BCUT2D eigenvalue weighted by atomic mass is 14.8. The first-order chi connectivity index (χ1) is 26.8. The number of fused-ring (bicyclic) bond motifs is 8. The van der Waals surface area contributed by atoms with Gasteiger partial charge in [0.25, 0.3) is 0 Å². The maximum Gasteiger partial charge on any atom is 0.0803 e. The average Bonchev–Trinajstić information content (AvgIpc) is 3.74. The zero-order valence-corrected chi connectivity index (χ0v) is 29.5. The topological polar surface area (TPSA) is 24.7 Å². The molecular formula is C52H34N2. The summed E-state index contributed by atoms with van der Waals surface area (Å²) in [7, 11) is 0. The highest BCUT2D eigenvalue weighted by Crippen LogP contribution is 2.50. The molecule has 0 N–H and O–H groups in total. The van der Waals surface area contributed by atoms with E-state index in [0.29, 0.717) is 0 Å². The van der Waals surface area contributed by atoms with Crippen LogP contribution in [-0.4, -0.2) is 11.4 Å². The molecule has 0 amide bonds. The molecule has 2 heteroatoms. The second-order valence-electron chi connectivity index (χ2n) is 14.4. The van der Waals surface area contributed by atoms with Crippen LogP contribution in [0.4, 0.5) is 11.4 Å². The van der Waals surface area contributed by atoms with Crippen molar-refractivity contribution in [3.05, 3.63) is 250 Å². The monoisotopic (exact) mass is 686 g/mol. The van der Waals surface area contributed by atoms with Crippen LogP contribution in [0.1, 0.15) is 67.5 Å². The van der Waals surface area contributed by atoms with Crippen LogP contribution >= 0.6 is 0 Å². The van der Waals surface area contributed by atoms with Crippen molar-refractivity contribution in [3.63, 3.8) is 0 Å². The van der Waals surface area contributed by atoms with Crippen LogP contribution in [0.25, 0.3) is 22.3 Å². The summed E-state index contributed by atoms with van der Waals surface area (Å²) in [6, 6.07) is 70.2. The van der Waals surface area contributed by atoms with Crippen molar-refractivity contribution < 1.29 is 0 Å². The van der Waals surface area contributed by atoms with Crippen LogP contribution in [0.2, 0.25) is 0 Å². The molecule has 2 aliphatic carbocycles. The van der Waals surface area contributed by atoms with E-state index in [2.05, 4.69) is 194 Å². The van der Waals surface area contributed by atoms with E-state index in [1.165, 1.54) is 55.6 Å². The van der Waals surface area contributed by atoms with E-state index < -0.39 is 0 Å². The maximum absolute atomic E-state index is 5.54. The van der Waals surface area contributed by atoms with Crippen molar-refractivity contribution in [2.24, 2.45) is 9.98 Å². The molecule has 0 radical (unpaired) electrons. The van der Waals surface area contributed by atoms with Crippen molar-refractivity contribution in [1.29, 1.82) is 0 Å². The second kappa shape index (κ2) is 12.4. The number of benzene rings is 8. The normalized spacial score (nSPS) is 16.0. The summed E-state index contributed by atoms with van der Waals surface area (Å²) in [4.78, 5) is 11.1. The molecule has 1 aliphatic heterocycles. The molecule has 2 unspecified atom stereocenters. The van der Waals surface area contributed by atoms with Gasteiger partial charge in [-0.1, -0.05) is 170 Å². The Balaban J connectivity index is 1.06. The predicted molar refractivity (Wildman–Crippen MR) is 222 cm³/mol. The third-order valence-electron chi connectivity index (χ3n) is 11.4. The van der Waals surface area contributed by atoms with Crippen LogP contribution in [0.3, 0.4) is 0 Å². The molecule has 252 valence electrons. The largest absolute Gasteiger partial charge is 0.247 e. The van der Waals surface area contributed by atoms with E-state index in [1.807, 2.05) is 0 Å². The van der Waals surface area contributed by atoms with Gasteiger partial charge in [0.05, 0.1) is 22.8 Å². The minimum atomic E-state index is 0.202. The Hall–Kier alpha value is -6.90. The quantitative estimate of drug-likeness (QED) is 0.176. The number of para-hydroxylation sites is 2. The van der Waals surface area contributed by atoms with Gasteiger partial charge in [-0.3, -0.25) is 0 Å². The van der Waals surface area contributed by atoms with E-state index >= 15 is 0 Å². The Labute approximate surface area is 315 Å². The Morgan fingerprint density at radius 1 is 0.278 bits per heavy atom. The summed E-state index contributed by atoms with van der Waals surface area (Å²) in [5.41, 5.74) is 21.0. The van der Waals surface area contributed by atoms with Gasteiger partial charge in [-0.15, -0.1) is 0 Å². The lowest BCUT2D eigenvalue weighted by Gasteiger charge is -2.19. The van der Waals surface area contributed by atoms with Gasteiger partial charge in [0.15, 0.2) is 0 Å². The summed E-state index contributed by atoms with van der Waals surface area (Å²) < 4.78 is 0. The fourth-order valence-electron chi connectivity index (χ4n) is 9.05. The van der Waals surface area contributed by atoms with E-state index in [0.717, 1.165) is 45.1 Å². The van der Waals surface area contributed by atoms with Gasteiger partial charge in [-0.05, 0) is 79.9 Å². The first kappa shape index (κ1) is 30.7. The standard InChI is InChI=1S/C52H34N2/c1-3-15-33(16-4-1)49-39-21-9-7-19-37(39)45-31-35(27-29-41(45)49)51-43-23-11-13-25-47(43)54-52(44-24-12-14-26-48(44)53-51)36-28-30-42-46(32-36)38-20-8-10-22-40(38)50(42)34-17-5-2-6-18-34/h1-32,49-50H. The van der Waals surface area contributed by atoms with Gasteiger partial charge in [-0.25, -0.2) is 9.98 Å². The van der Waals surface area contributed by atoms with Crippen molar-refractivity contribution in [2.75, 3.05) is 0 Å². The SMILES string of the molecule is c1ccc(C2c3ccccc3-c3cc(C4=Nc5ccccc5C(c5ccc6c(c5)-c5ccccc5C6c5ccccc5)=Nc5ccccc54)ccc32)cc1. The Kier molecular flexibility index (Phi) is 7.03. The summed E-state index contributed by atoms with van der Waals surface area (Å²) >= 11 is 0. The molecule has 0 bridgehead atoms. The molecule has 8 aromatic rings. The number of hydrogen-bond acceptors (Lipinski definition) is 2. The van der Waals surface area contributed by atoms with E-state index in [-0.39, 0.29) is 11.8 Å². The van der Waals surface area contributed by atoms with E-state index in [1.54, 1.807) is 0 Å². The molecule has 0 saturated heterocycles. The first-order valence-corrected chi connectivity index (χ1v) is 18.7. The Bertz CT molecular complexity index is 2630. The molecule has 54 heavy (non-hydrogen) atoms. The zero-order valence-electron chi connectivity index (χ0n) is 29.5. The molecule has 0 spiro atoms. The van der Waals surface area contributed by atoms with Crippen molar-refractivity contribution in [3.8, 4) is 22.3 Å². The lowest BCUT2D eigenvalue weighted by molar-refractivity contribution is 1.01. The fraction of sp³-hybridized carbons (Fsp3) is 0.0385. The van der Waals surface area contributed by atoms with Gasteiger partial charge < -0.3 is 0 Å². The lowest BCUT2D eigenvalue weighted by atomic mass is 9.88. The summed E-state index contributed by atoms with van der Waals surface area (Å²) in [6.07, 6.45) is 0. The van der Waals surface area contributed by atoms with Crippen LogP contribution in [0.5, 0.6) is 0 Å². The van der Waals surface area contributed by atoms with E-state index in [9.17, 15) is 0 Å². The van der Waals surface area contributed by atoms with Crippen LogP contribution in [-0.2, 0) is 0 Å². The summed E-state index contributed by atoms with van der Waals surface area (Å²) in [6.45, 7) is 0. The molecule has 1 heterocycles. The molecule has 8 aromatic carbocycles. The number of hydrogen-bond donors (Lipinski definition) is 0. The summed E-state index contributed by atoms with van der Waals surface area (Å²) in [5, 5.41) is 0. The molecule has 2 atom stereocenters. The molecule has 11 rings (SSSR count). The molecular weight excluding hydrogens is 653 g/mol. The molecule has 0 saturated carbocycles. The highest BCUT2D eigenvalue weighted by molar-refractivity contribution is 6.23. The molecule has 0 aromatic heterocycles. The van der Waals surface area contributed by atoms with Crippen LogP contribution in [0.15, 0.2) is 204 Å². The Morgan fingerprint density at radius 2 is 0.630 bits per heavy atom. The molecule has 0 fully saturated rings. The predicted octanol–water partition coefficient (Wildman–Crippen LogP) is 12.7. The third-order valence-corrected chi connectivity index (χ3v) is 11.4. The average molecular weight is 687 g/mol. The van der Waals surface area contributed by atoms with Crippen LogP contribution < -0.4 is 0 Å². The van der Waals surface area contributed by atoms with Crippen molar-refractivity contribution in [1.82, 2.24) is 0 Å². The van der Waals surface area contributed by atoms with Gasteiger partial charge in [0, 0.05) is 34.1 Å². The van der Waals surface area contributed by atoms with Gasteiger partial charge in [0.2, 0.25) is 0 Å². The zero-order chi connectivity index (χ0) is 35.6. The minimum absolute atomic E-state index is 0.202. The number of aliphatic imine (C=N–C) groups is 2. The highest BCUT2D eigenvalue weighted by Gasteiger charge is 2.32. The molecule has 2 nitrogen and oxygen atoms in total. The van der Waals surface area contributed by atoms with Gasteiger partial charge in [0.1, 0.15) is 0 Å². The van der Waals surface area contributed by atoms with Gasteiger partial charge in [-0.2, -0.15) is 0 Å². The number of rotatable bonds is 4. The van der Waals surface area contributed by atoms with Crippen molar-refractivity contribution >= 4 is 22.8 Å². The minimum Gasteiger partial charge on any atom is -0.247 e. The van der Waals surface area contributed by atoms with Crippen molar-refractivity contribution in [2.45, 2.75) is 11.8 Å². The first-order valence-electron chi connectivity index (χ1n) is 18.7. The maximum atomic E-state index is 5.54. The number of nitrogens with zero attached hydrogens (tertiary/aromatic N) is 2. The lowest BCUT2D eigenvalue weighted by Crippen LogP contribution is -2.11. The summed E-state index contributed by atoms with van der Waals surface area (Å²) in [5.74, 6) is 0.404. The third kappa shape index (κ3) is 4.81. The van der Waals surface area contributed by atoms with Gasteiger partial charge >= 0.3 is 0 Å². The molecule has 3 aliphatic rings.